The van der Waals surface area contributed by atoms with E-state index in [9.17, 15) is 4.79 Å². The molecule has 0 radical (unpaired) electrons. The van der Waals surface area contributed by atoms with E-state index in [1.165, 1.54) is 6.08 Å². The molecule has 0 saturated heterocycles. The van der Waals surface area contributed by atoms with Gasteiger partial charge in [-0.3, -0.25) is 0 Å². The molecule has 1 aromatic carbocycles. The second-order valence-corrected chi connectivity index (χ2v) is 4.25. The fraction of sp³-hybridized carbons (Fsp3) is 0. The predicted molar refractivity (Wildman–Crippen MR) is 68.0 cm³/mol. The molecule has 0 saturated carbocycles. The Morgan fingerprint density at radius 2 is 1.76 bits per heavy atom. The molecule has 0 bridgehead atoms. The van der Waals surface area contributed by atoms with Crippen molar-refractivity contribution in [1.82, 2.24) is 0 Å². The van der Waals surface area contributed by atoms with Crippen LogP contribution in [0.1, 0.15) is 5.56 Å². The number of hydrogen-bond donors (Lipinski definition) is 2. The van der Waals surface area contributed by atoms with Crippen LogP contribution in [0, 0.1) is 0 Å². The Hall–Kier alpha value is -2.07. The van der Waals surface area contributed by atoms with E-state index in [4.69, 9.17) is 10.2 Å². The van der Waals surface area contributed by atoms with Gasteiger partial charge in [-0.15, -0.1) is 0 Å². The van der Waals surface area contributed by atoms with Crippen molar-refractivity contribution in [2.45, 2.75) is 0 Å². The zero-order chi connectivity index (χ0) is 12.3. The second-order valence-electron chi connectivity index (χ2n) is 3.47. The Morgan fingerprint density at radius 3 is 2.29 bits per heavy atom. The summed E-state index contributed by atoms with van der Waals surface area (Å²) in [6.45, 7) is 0. The number of thiophene rings is 1. The lowest BCUT2D eigenvalue weighted by Crippen LogP contribution is -1.98. The van der Waals surface area contributed by atoms with Gasteiger partial charge in [0.15, 0.2) is 0 Å². The van der Waals surface area contributed by atoms with Gasteiger partial charge in [-0.2, -0.15) is 11.3 Å². The third kappa shape index (κ3) is 2.73. The lowest BCUT2D eigenvalue weighted by atomic mass is 10.1. The maximum Gasteiger partial charge on any atom is 0.370 e. The van der Waals surface area contributed by atoms with Gasteiger partial charge in [-0.25, -0.2) is 4.79 Å². The van der Waals surface area contributed by atoms with Crippen LogP contribution >= 0.6 is 11.3 Å². The van der Waals surface area contributed by atoms with Crippen LogP contribution in [0.5, 0.6) is 0 Å². The molecule has 0 atom stereocenters. The van der Waals surface area contributed by atoms with E-state index in [0.717, 1.165) is 11.1 Å². The molecule has 0 unspecified atom stereocenters. The van der Waals surface area contributed by atoms with E-state index in [-0.39, 0.29) is 0 Å². The van der Waals surface area contributed by atoms with E-state index in [1.807, 2.05) is 29.0 Å². The van der Waals surface area contributed by atoms with Crippen molar-refractivity contribution in [1.29, 1.82) is 0 Å². The molecule has 17 heavy (non-hydrogen) atoms. The average molecular weight is 246 g/mol. The highest BCUT2D eigenvalue weighted by Crippen LogP contribution is 2.22. The normalized spacial score (nSPS) is 11.4. The van der Waals surface area contributed by atoms with Crippen molar-refractivity contribution in [3.63, 3.8) is 0 Å². The zero-order valence-corrected chi connectivity index (χ0v) is 9.65. The fourth-order valence-corrected chi connectivity index (χ4v) is 2.09. The highest BCUT2D eigenvalue weighted by Gasteiger charge is 2.03. The first-order valence-electron chi connectivity index (χ1n) is 4.93. The summed E-state index contributed by atoms with van der Waals surface area (Å²) in [5.74, 6) is -1.99. The maximum absolute atomic E-state index is 10.4. The molecule has 2 N–H and O–H groups in total. The number of aliphatic carboxylic acids is 1. The van der Waals surface area contributed by atoms with Gasteiger partial charge in [0.1, 0.15) is 0 Å². The van der Waals surface area contributed by atoms with Gasteiger partial charge in [-0.05, 0) is 39.6 Å². The van der Waals surface area contributed by atoms with Gasteiger partial charge in [0.25, 0.3) is 0 Å². The van der Waals surface area contributed by atoms with Gasteiger partial charge < -0.3 is 10.2 Å². The summed E-state index contributed by atoms with van der Waals surface area (Å²) >= 11 is 1.62. The van der Waals surface area contributed by atoms with E-state index in [0.29, 0.717) is 5.56 Å². The summed E-state index contributed by atoms with van der Waals surface area (Å²) < 4.78 is 0. The Labute approximate surface area is 102 Å². The van der Waals surface area contributed by atoms with Gasteiger partial charge in [0, 0.05) is 0 Å². The van der Waals surface area contributed by atoms with Crippen molar-refractivity contribution < 1.29 is 15.0 Å². The molecule has 86 valence electrons. The number of aliphatic hydroxyl groups excluding tert-OH is 1. The van der Waals surface area contributed by atoms with Crippen LogP contribution in [-0.4, -0.2) is 16.2 Å². The quantitative estimate of drug-likeness (QED) is 0.644. The number of rotatable bonds is 3. The van der Waals surface area contributed by atoms with Crippen molar-refractivity contribution in [3.8, 4) is 11.1 Å². The topological polar surface area (TPSA) is 57.5 Å². The molecule has 2 rings (SSSR count). The van der Waals surface area contributed by atoms with Crippen molar-refractivity contribution >= 4 is 23.4 Å². The molecule has 3 nitrogen and oxygen atoms in total. The molecule has 0 amide bonds. The Kier molecular flexibility index (Phi) is 3.25. The first-order chi connectivity index (χ1) is 8.16. The molecule has 0 spiro atoms. The third-order valence-corrected chi connectivity index (χ3v) is 2.97. The minimum atomic E-state index is -1.33. The Morgan fingerprint density at radius 1 is 1.06 bits per heavy atom. The number of hydrogen-bond acceptors (Lipinski definition) is 3. The van der Waals surface area contributed by atoms with Crippen LogP contribution in [0.25, 0.3) is 17.2 Å². The van der Waals surface area contributed by atoms with Crippen LogP contribution in [0.15, 0.2) is 46.9 Å². The van der Waals surface area contributed by atoms with E-state index in [2.05, 4.69) is 0 Å². The van der Waals surface area contributed by atoms with Crippen molar-refractivity contribution in [3.05, 3.63) is 52.4 Å². The van der Waals surface area contributed by atoms with Gasteiger partial charge in [0.2, 0.25) is 5.76 Å². The molecule has 4 heteroatoms. The highest BCUT2D eigenvalue weighted by atomic mass is 32.1. The van der Waals surface area contributed by atoms with E-state index >= 15 is 0 Å². The molecule has 0 aliphatic carbocycles. The molecular formula is C13H10O3S. The SMILES string of the molecule is O=C(O)/C(O)=C/c1ccc(-c2ccsc2)cc1. The standard InChI is InChI=1S/C13H10O3S/c14-12(13(15)16)7-9-1-3-10(4-2-9)11-5-6-17-8-11/h1-8,14H,(H,15,16)/b12-7-. The molecule has 0 aliphatic heterocycles. The number of benzene rings is 1. The first-order valence-corrected chi connectivity index (χ1v) is 5.87. The summed E-state index contributed by atoms with van der Waals surface area (Å²) in [6, 6.07) is 9.34. The van der Waals surface area contributed by atoms with Crippen LogP contribution in [0.3, 0.4) is 0 Å². The number of carboxylic acid groups (broad SMARTS) is 1. The van der Waals surface area contributed by atoms with Crippen LogP contribution < -0.4 is 0 Å². The summed E-state index contributed by atoms with van der Waals surface area (Å²) in [7, 11) is 0. The second kappa shape index (κ2) is 4.84. The average Bonchev–Trinajstić information content (AvgIpc) is 2.83. The lowest BCUT2D eigenvalue weighted by molar-refractivity contribution is -0.135. The highest BCUT2D eigenvalue weighted by molar-refractivity contribution is 7.08. The fourth-order valence-electron chi connectivity index (χ4n) is 1.42. The van der Waals surface area contributed by atoms with Crippen molar-refractivity contribution in [2.75, 3.05) is 0 Å². The van der Waals surface area contributed by atoms with Crippen molar-refractivity contribution in [2.24, 2.45) is 0 Å². The van der Waals surface area contributed by atoms with Gasteiger partial charge in [0.05, 0.1) is 0 Å². The third-order valence-electron chi connectivity index (χ3n) is 2.29. The summed E-state index contributed by atoms with van der Waals surface area (Å²) in [6.07, 6.45) is 1.22. The number of carbonyl (C=O) groups is 1. The molecule has 2 aromatic rings. The predicted octanol–water partition coefficient (Wildman–Crippen LogP) is 3.40. The summed E-state index contributed by atoms with van der Waals surface area (Å²) in [4.78, 5) is 10.4. The smallest absolute Gasteiger partial charge is 0.370 e. The molecule has 1 heterocycles. The minimum Gasteiger partial charge on any atom is -0.502 e. The minimum absolute atomic E-state index is 0.656. The lowest BCUT2D eigenvalue weighted by Gasteiger charge is -1.99. The summed E-state index contributed by atoms with van der Waals surface area (Å²) in [5, 5.41) is 21.7. The Balaban J connectivity index is 2.25. The molecule has 0 aliphatic rings. The van der Waals surface area contributed by atoms with E-state index in [1.54, 1.807) is 23.5 Å². The summed E-state index contributed by atoms with van der Waals surface area (Å²) in [5.41, 5.74) is 2.86. The number of aliphatic hydroxyl groups is 1. The van der Waals surface area contributed by atoms with Gasteiger partial charge in [-0.1, -0.05) is 24.3 Å². The monoisotopic (exact) mass is 246 g/mol. The largest absolute Gasteiger partial charge is 0.502 e. The van der Waals surface area contributed by atoms with Crippen LogP contribution in [-0.2, 0) is 4.79 Å². The zero-order valence-electron chi connectivity index (χ0n) is 8.83. The maximum atomic E-state index is 10.4. The first kappa shape index (κ1) is 11.4. The van der Waals surface area contributed by atoms with Crippen LogP contribution in [0.2, 0.25) is 0 Å². The number of carboxylic acids is 1. The molecular weight excluding hydrogens is 236 g/mol. The van der Waals surface area contributed by atoms with Crippen LogP contribution in [0.4, 0.5) is 0 Å². The Bertz CT molecular complexity index is 539. The van der Waals surface area contributed by atoms with Gasteiger partial charge >= 0.3 is 5.97 Å². The molecule has 1 aromatic heterocycles. The molecule has 0 fully saturated rings. The van der Waals surface area contributed by atoms with E-state index < -0.39 is 11.7 Å².